The van der Waals surface area contributed by atoms with Crippen LogP contribution in [0.2, 0.25) is 0 Å². The summed E-state index contributed by atoms with van der Waals surface area (Å²) in [5.74, 6) is -1.57. The highest BCUT2D eigenvalue weighted by Gasteiger charge is 2.54. The summed E-state index contributed by atoms with van der Waals surface area (Å²) < 4.78 is 0. The lowest BCUT2D eigenvalue weighted by molar-refractivity contribution is -0.128. The van der Waals surface area contributed by atoms with Crippen molar-refractivity contribution < 1.29 is 14.7 Å². The number of aliphatic hydroxyl groups is 1. The summed E-state index contributed by atoms with van der Waals surface area (Å²) in [5, 5.41) is 12.3. The lowest BCUT2D eigenvalue weighted by atomic mass is 9.69. The van der Waals surface area contributed by atoms with E-state index in [-0.39, 0.29) is 17.4 Å². The fourth-order valence-corrected chi connectivity index (χ4v) is 2.69. The van der Waals surface area contributed by atoms with Crippen LogP contribution in [0.1, 0.15) is 12.5 Å². The molecule has 1 heterocycles. The third-order valence-corrected chi connectivity index (χ3v) is 3.68. The van der Waals surface area contributed by atoms with Gasteiger partial charge in [0.05, 0.1) is 11.3 Å². The van der Waals surface area contributed by atoms with Crippen LogP contribution in [-0.2, 0) is 15.0 Å². The standard InChI is InChI=1S/C13H11NO3/c1-13-7-4-2-3-5-9(7)14-12(17)8(13)6-10(15)11(13)16/h2-6,8,15H,1H3,(H,14,17)/t8-,13?/m1/s1. The molecule has 1 unspecified atom stereocenters. The molecule has 0 saturated heterocycles. The Balaban J connectivity index is 2.28. The molecule has 0 radical (unpaired) electrons. The number of Topliss-reactive ketones (excluding diaryl/α,β-unsaturated/α-hetero) is 1. The highest BCUT2D eigenvalue weighted by Crippen LogP contribution is 2.47. The zero-order valence-electron chi connectivity index (χ0n) is 9.23. The molecule has 2 N–H and O–H groups in total. The van der Waals surface area contributed by atoms with Gasteiger partial charge in [-0.05, 0) is 24.6 Å². The van der Waals surface area contributed by atoms with Gasteiger partial charge in [0, 0.05) is 5.69 Å². The Morgan fingerprint density at radius 3 is 2.76 bits per heavy atom. The van der Waals surface area contributed by atoms with Crippen LogP contribution in [0.15, 0.2) is 36.1 Å². The molecule has 0 saturated carbocycles. The molecule has 17 heavy (non-hydrogen) atoms. The molecule has 0 spiro atoms. The van der Waals surface area contributed by atoms with E-state index in [9.17, 15) is 14.7 Å². The minimum Gasteiger partial charge on any atom is -0.505 e. The summed E-state index contributed by atoms with van der Waals surface area (Å²) in [6.07, 6.45) is 1.34. The first-order valence-corrected chi connectivity index (χ1v) is 5.41. The van der Waals surface area contributed by atoms with Gasteiger partial charge in [0.15, 0.2) is 5.76 Å². The smallest absolute Gasteiger partial charge is 0.232 e. The number of nitrogens with one attached hydrogen (secondary N) is 1. The van der Waals surface area contributed by atoms with Crippen molar-refractivity contribution in [1.29, 1.82) is 0 Å². The number of ketones is 1. The van der Waals surface area contributed by atoms with E-state index in [1.54, 1.807) is 19.1 Å². The Morgan fingerprint density at radius 1 is 1.29 bits per heavy atom. The van der Waals surface area contributed by atoms with E-state index < -0.39 is 11.3 Å². The Kier molecular flexibility index (Phi) is 1.76. The normalized spacial score (nSPS) is 30.4. The van der Waals surface area contributed by atoms with Gasteiger partial charge >= 0.3 is 0 Å². The molecule has 0 aromatic heterocycles. The molecule has 0 bridgehead atoms. The van der Waals surface area contributed by atoms with Crippen molar-refractivity contribution in [2.45, 2.75) is 12.3 Å². The number of amides is 1. The van der Waals surface area contributed by atoms with Gasteiger partial charge in [-0.2, -0.15) is 0 Å². The van der Waals surface area contributed by atoms with Gasteiger partial charge < -0.3 is 10.4 Å². The van der Waals surface area contributed by atoms with Crippen LogP contribution in [0.5, 0.6) is 0 Å². The van der Waals surface area contributed by atoms with E-state index in [2.05, 4.69) is 5.32 Å². The second kappa shape index (κ2) is 2.97. The Morgan fingerprint density at radius 2 is 2.00 bits per heavy atom. The molecule has 0 fully saturated rings. The number of benzene rings is 1. The van der Waals surface area contributed by atoms with Gasteiger partial charge in [0.2, 0.25) is 11.7 Å². The molecule has 1 aliphatic heterocycles. The van der Waals surface area contributed by atoms with Crippen molar-refractivity contribution in [3.63, 3.8) is 0 Å². The van der Waals surface area contributed by atoms with Crippen LogP contribution >= 0.6 is 0 Å². The molecule has 3 rings (SSSR count). The van der Waals surface area contributed by atoms with Crippen molar-refractivity contribution in [3.8, 4) is 0 Å². The maximum atomic E-state index is 12.1. The van der Waals surface area contributed by atoms with Crippen LogP contribution in [0.4, 0.5) is 5.69 Å². The second-order valence-electron chi connectivity index (χ2n) is 4.60. The monoisotopic (exact) mass is 229 g/mol. The van der Waals surface area contributed by atoms with Crippen LogP contribution in [0.25, 0.3) is 0 Å². The van der Waals surface area contributed by atoms with Gasteiger partial charge in [-0.3, -0.25) is 9.59 Å². The molecular formula is C13H11NO3. The average molecular weight is 229 g/mol. The molecule has 4 nitrogen and oxygen atoms in total. The van der Waals surface area contributed by atoms with Gasteiger partial charge in [-0.1, -0.05) is 18.2 Å². The van der Waals surface area contributed by atoms with E-state index in [0.717, 1.165) is 5.56 Å². The zero-order chi connectivity index (χ0) is 12.2. The molecule has 2 aliphatic rings. The van der Waals surface area contributed by atoms with E-state index >= 15 is 0 Å². The topological polar surface area (TPSA) is 66.4 Å². The molecule has 4 heteroatoms. The quantitative estimate of drug-likeness (QED) is 0.709. The Bertz CT molecular complexity index is 576. The predicted molar refractivity (Wildman–Crippen MR) is 61.6 cm³/mol. The van der Waals surface area contributed by atoms with Crippen LogP contribution < -0.4 is 5.32 Å². The fourth-order valence-electron chi connectivity index (χ4n) is 2.69. The van der Waals surface area contributed by atoms with Gasteiger partial charge in [0.1, 0.15) is 0 Å². The summed E-state index contributed by atoms with van der Waals surface area (Å²) in [5.41, 5.74) is 0.436. The fraction of sp³-hybridized carbons (Fsp3) is 0.231. The number of hydrogen-bond donors (Lipinski definition) is 2. The van der Waals surface area contributed by atoms with Gasteiger partial charge in [-0.25, -0.2) is 0 Å². The number of hydrogen-bond acceptors (Lipinski definition) is 3. The second-order valence-corrected chi connectivity index (χ2v) is 4.60. The van der Waals surface area contributed by atoms with Crippen molar-refractivity contribution in [2.24, 2.45) is 5.92 Å². The predicted octanol–water partition coefficient (Wildman–Crippen LogP) is 1.54. The number of rotatable bonds is 0. The molecule has 1 aromatic rings. The van der Waals surface area contributed by atoms with E-state index in [4.69, 9.17) is 0 Å². The van der Waals surface area contributed by atoms with Crippen LogP contribution in [-0.4, -0.2) is 16.8 Å². The SMILES string of the molecule is CC12C(=O)C(O)=C[C@@H]1C(=O)Nc1ccccc12. The first-order valence-electron chi connectivity index (χ1n) is 5.41. The maximum absolute atomic E-state index is 12.1. The number of aliphatic hydroxyl groups excluding tert-OH is 1. The summed E-state index contributed by atoms with van der Waals surface area (Å²) >= 11 is 0. The first kappa shape index (κ1) is 10.1. The average Bonchev–Trinajstić information content (AvgIpc) is 2.55. The van der Waals surface area contributed by atoms with Crippen LogP contribution in [0.3, 0.4) is 0 Å². The van der Waals surface area contributed by atoms with Crippen molar-refractivity contribution in [3.05, 3.63) is 41.7 Å². The molecule has 1 aromatic carbocycles. The van der Waals surface area contributed by atoms with Crippen molar-refractivity contribution in [2.75, 3.05) is 5.32 Å². The zero-order valence-corrected chi connectivity index (χ0v) is 9.23. The third-order valence-electron chi connectivity index (χ3n) is 3.68. The number of carbonyl (C=O) groups excluding carboxylic acids is 2. The van der Waals surface area contributed by atoms with E-state index in [1.807, 2.05) is 12.1 Å². The molecule has 1 aliphatic carbocycles. The molecule has 1 amide bonds. The number of carbonyl (C=O) groups is 2. The van der Waals surface area contributed by atoms with Crippen molar-refractivity contribution in [1.82, 2.24) is 0 Å². The molecule has 86 valence electrons. The van der Waals surface area contributed by atoms with E-state index in [1.165, 1.54) is 6.08 Å². The number of allylic oxidation sites excluding steroid dienone is 1. The lowest BCUT2D eigenvalue weighted by Crippen LogP contribution is -2.45. The maximum Gasteiger partial charge on any atom is 0.232 e. The van der Waals surface area contributed by atoms with Gasteiger partial charge in [-0.15, -0.1) is 0 Å². The lowest BCUT2D eigenvalue weighted by Gasteiger charge is -2.35. The summed E-state index contributed by atoms with van der Waals surface area (Å²) in [6, 6.07) is 7.19. The minimum atomic E-state index is -0.969. The summed E-state index contributed by atoms with van der Waals surface area (Å²) in [6.45, 7) is 1.71. The Hall–Kier alpha value is -2.10. The highest BCUT2D eigenvalue weighted by molar-refractivity contribution is 6.14. The molecular weight excluding hydrogens is 218 g/mol. The number of para-hydroxylation sites is 1. The summed E-state index contributed by atoms with van der Waals surface area (Å²) in [7, 11) is 0. The number of anilines is 1. The largest absolute Gasteiger partial charge is 0.505 e. The van der Waals surface area contributed by atoms with Crippen LogP contribution in [0, 0.1) is 5.92 Å². The van der Waals surface area contributed by atoms with E-state index in [0.29, 0.717) is 5.69 Å². The molecule has 2 atom stereocenters. The Labute approximate surface area is 98.0 Å². The third kappa shape index (κ3) is 1.07. The summed E-state index contributed by atoms with van der Waals surface area (Å²) in [4.78, 5) is 24.0. The number of fused-ring (bicyclic) bond motifs is 3. The highest BCUT2D eigenvalue weighted by atomic mass is 16.3. The van der Waals surface area contributed by atoms with Crippen molar-refractivity contribution >= 4 is 17.4 Å². The first-order chi connectivity index (χ1) is 8.05. The van der Waals surface area contributed by atoms with Gasteiger partial charge in [0.25, 0.3) is 0 Å². The minimum absolute atomic E-state index is 0.247.